The van der Waals surface area contributed by atoms with Crippen LogP contribution in [0.5, 0.6) is 0 Å². The van der Waals surface area contributed by atoms with Crippen LogP contribution in [0.4, 0.5) is 5.69 Å². The number of rotatable bonds is 2. The smallest absolute Gasteiger partial charge is 0.273 e. The summed E-state index contributed by atoms with van der Waals surface area (Å²) in [5.41, 5.74) is 1.33. The van der Waals surface area contributed by atoms with Crippen LogP contribution in [-0.2, 0) is 7.05 Å². The van der Waals surface area contributed by atoms with Gasteiger partial charge in [0, 0.05) is 16.3 Å². The highest BCUT2D eigenvalue weighted by Gasteiger charge is 2.09. The Morgan fingerprint density at radius 2 is 2.31 bits per heavy atom. The van der Waals surface area contributed by atoms with Crippen LogP contribution in [0.2, 0.25) is 0 Å². The van der Waals surface area contributed by atoms with E-state index in [4.69, 9.17) is 0 Å². The van der Waals surface area contributed by atoms with E-state index in [0.717, 1.165) is 9.26 Å². The van der Waals surface area contributed by atoms with Crippen molar-refractivity contribution in [1.82, 2.24) is 9.55 Å². The molecule has 1 N–H and O–H groups in total. The normalized spacial score (nSPS) is 10.1. The lowest BCUT2D eigenvalue weighted by molar-refractivity contribution is 0.101. The molecule has 0 saturated carbocycles. The van der Waals surface area contributed by atoms with Crippen LogP contribution in [0.3, 0.4) is 0 Å². The molecule has 16 heavy (non-hydrogen) atoms. The number of carbonyl (C=O) groups is 1. The molecule has 0 saturated heterocycles. The fourth-order valence-corrected chi connectivity index (χ4v) is 1.88. The van der Waals surface area contributed by atoms with Crippen LogP contribution in [0.15, 0.2) is 36.8 Å². The highest BCUT2D eigenvalue weighted by Crippen LogP contribution is 2.13. The van der Waals surface area contributed by atoms with Gasteiger partial charge in [0.05, 0.1) is 12.5 Å². The van der Waals surface area contributed by atoms with E-state index in [1.165, 1.54) is 0 Å². The second-order valence-electron chi connectivity index (χ2n) is 3.35. The number of benzene rings is 1. The Hall–Kier alpha value is -1.37. The lowest BCUT2D eigenvalue weighted by Crippen LogP contribution is -2.15. The van der Waals surface area contributed by atoms with Crippen LogP contribution in [0, 0.1) is 3.57 Å². The topological polar surface area (TPSA) is 46.9 Å². The summed E-state index contributed by atoms with van der Waals surface area (Å²) >= 11 is 2.20. The molecule has 0 aliphatic carbocycles. The van der Waals surface area contributed by atoms with Gasteiger partial charge in [0.25, 0.3) is 5.91 Å². The molecule has 0 radical (unpaired) electrons. The summed E-state index contributed by atoms with van der Waals surface area (Å²) in [7, 11) is 1.79. The standard InChI is InChI=1S/C11H10IN3O/c1-15-7-13-6-10(15)11(16)14-9-4-2-3-8(12)5-9/h2-7H,1H3,(H,14,16). The minimum atomic E-state index is -0.151. The third-order valence-corrected chi connectivity index (χ3v) is 2.80. The molecule has 5 heteroatoms. The molecule has 0 bridgehead atoms. The predicted molar refractivity (Wildman–Crippen MR) is 70.3 cm³/mol. The summed E-state index contributed by atoms with van der Waals surface area (Å²) in [5, 5.41) is 2.82. The van der Waals surface area contributed by atoms with Crippen molar-refractivity contribution in [2.24, 2.45) is 7.05 Å². The van der Waals surface area contributed by atoms with Gasteiger partial charge < -0.3 is 9.88 Å². The van der Waals surface area contributed by atoms with Crippen LogP contribution in [0.25, 0.3) is 0 Å². The van der Waals surface area contributed by atoms with Crippen LogP contribution in [0.1, 0.15) is 10.5 Å². The molecule has 0 spiro atoms. The number of halogens is 1. The molecule has 0 aliphatic rings. The van der Waals surface area contributed by atoms with Gasteiger partial charge in [-0.05, 0) is 40.8 Å². The first-order valence-electron chi connectivity index (χ1n) is 4.70. The minimum Gasteiger partial charge on any atom is -0.330 e. The Morgan fingerprint density at radius 1 is 1.50 bits per heavy atom. The number of nitrogens with zero attached hydrogens (tertiary/aromatic N) is 2. The van der Waals surface area contributed by atoms with E-state index < -0.39 is 0 Å². The third-order valence-electron chi connectivity index (χ3n) is 2.13. The maximum atomic E-state index is 11.8. The Bertz CT molecular complexity index is 521. The summed E-state index contributed by atoms with van der Waals surface area (Å²) in [4.78, 5) is 15.7. The van der Waals surface area contributed by atoms with Gasteiger partial charge in [0.2, 0.25) is 0 Å². The van der Waals surface area contributed by atoms with Gasteiger partial charge in [0.15, 0.2) is 0 Å². The largest absolute Gasteiger partial charge is 0.330 e. The van der Waals surface area contributed by atoms with E-state index >= 15 is 0 Å². The summed E-state index contributed by atoms with van der Waals surface area (Å²) in [5.74, 6) is -0.151. The molecule has 82 valence electrons. The number of nitrogens with one attached hydrogen (secondary N) is 1. The molecule has 0 atom stereocenters. The summed E-state index contributed by atoms with van der Waals surface area (Å²) < 4.78 is 2.77. The fourth-order valence-electron chi connectivity index (χ4n) is 1.34. The minimum absolute atomic E-state index is 0.151. The Balaban J connectivity index is 2.17. The van der Waals surface area contributed by atoms with Gasteiger partial charge in [-0.1, -0.05) is 6.07 Å². The number of aryl methyl sites for hydroxylation is 1. The van der Waals surface area contributed by atoms with Crippen molar-refractivity contribution >= 4 is 34.2 Å². The number of hydrogen-bond donors (Lipinski definition) is 1. The van der Waals surface area contributed by atoms with Crippen LogP contribution < -0.4 is 5.32 Å². The first-order valence-corrected chi connectivity index (χ1v) is 5.78. The van der Waals surface area contributed by atoms with Crippen molar-refractivity contribution in [3.63, 3.8) is 0 Å². The number of hydrogen-bond acceptors (Lipinski definition) is 2. The molecule has 4 nitrogen and oxygen atoms in total. The lowest BCUT2D eigenvalue weighted by Gasteiger charge is -2.05. The Kier molecular flexibility index (Phi) is 3.23. The third kappa shape index (κ3) is 2.41. The summed E-state index contributed by atoms with van der Waals surface area (Å²) in [6, 6.07) is 7.65. The van der Waals surface area contributed by atoms with Crippen LogP contribution >= 0.6 is 22.6 Å². The van der Waals surface area contributed by atoms with Crippen molar-refractivity contribution < 1.29 is 4.79 Å². The van der Waals surface area contributed by atoms with Crippen molar-refractivity contribution in [3.8, 4) is 0 Å². The van der Waals surface area contributed by atoms with E-state index in [-0.39, 0.29) is 5.91 Å². The molecule has 0 unspecified atom stereocenters. The van der Waals surface area contributed by atoms with Gasteiger partial charge in [-0.25, -0.2) is 4.98 Å². The highest BCUT2D eigenvalue weighted by molar-refractivity contribution is 14.1. The lowest BCUT2D eigenvalue weighted by atomic mass is 10.3. The fraction of sp³-hybridized carbons (Fsp3) is 0.0909. The number of amides is 1. The van der Waals surface area contributed by atoms with Crippen molar-refractivity contribution in [2.45, 2.75) is 0 Å². The first kappa shape index (κ1) is 11.1. The quantitative estimate of drug-likeness (QED) is 0.861. The zero-order valence-electron chi connectivity index (χ0n) is 8.64. The van der Waals surface area contributed by atoms with E-state index in [2.05, 4.69) is 32.9 Å². The van der Waals surface area contributed by atoms with E-state index in [1.54, 1.807) is 24.1 Å². The number of imidazole rings is 1. The zero-order valence-corrected chi connectivity index (χ0v) is 10.8. The maximum Gasteiger partial charge on any atom is 0.273 e. The van der Waals surface area contributed by atoms with Gasteiger partial charge in [0.1, 0.15) is 5.69 Å². The molecule has 2 rings (SSSR count). The van der Waals surface area contributed by atoms with E-state index in [1.807, 2.05) is 24.3 Å². The average Bonchev–Trinajstić information content (AvgIpc) is 2.64. The van der Waals surface area contributed by atoms with Crippen LogP contribution in [-0.4, -0.2) is 15.5 Å². The second kappa shape index (κ2) is 4.65. The Labute approximate surface area is 107 Å². The molecule has 0 aliphatic heterocycles. The second-order valence-corrected chi connectivity index (χ2v) is 4.60. The number of carbonyl (C=O) groups excluding carboxylic acids is 1. The van der Waals surface area contributed by atoms with Crippen molar-refractivity contribution in [1.29, 1.82) is 0 Å². The number of anilines is 1. The van der Waals surface area contributed by atoms with Gasteiger partial charge in [-0.3, -0.25) is 4.79 Å². The summed E-state index contributed by atoms with van der Waals surface area (Å²) in [6.45, 7) is 0. The molecule has 1 aromatic carbocycles. The Morgan fingerprint density at radius 3 is 2.94 bits per heavy atom. The predicted octanol–water partition coefficient (Wildman–Crippen LogP) is 2.28. The maximum absolute atomic E-state index is 11.8. The molecular formula is C11H10IN3O. The molecule has 1 aromatic heterocycles. The average molecular weight is 327 g/mol. The van der Waals surface area contributed by atoms with Gasteiger partial charge in [-0.15, -0.1) is 0 Å². The van der Waals surface area contributed by atoms with E-state index in [0.29, 0.717) is 5.69 Å². The van der Waals surface area contributed by atoms with Crippen molar-refractivity contribution in [2.75, 3.05) is 5.32 Å². The molecule has 1 heterocycles. The molecular weight excluding hydrogens is 317 g/mol. The first-order chi connectivity index (χ1) is 7.66. The number of aromatic nitrogens is 2. The molecule has 1 amide bonds. The van der Waals surface area contributed by atoms with Crippen molar-refractivity contribution in [3.05, 3.63) is 46.1 Å². The van der Waals surface area contributed by atoms with Gasteiger partial charge in [-0.2, -0.15) is 0 Å². The van der Waals surface area contributed by atoms with E-state index in [9.17, 15) is 4.79 Å². The molecule has 0 fully saturated rings. The highest BCUT2D eigenvalue weighted by atomic mass is 127. The zero-order chi connectivity index (χ0) is 11.5. The summed E-state index contributed by atoms with van der Waals surface area (Å²) in [6.07, 6.45) is 3.15. The molecule has 2 aromatic rings. The monoisotopic (exact) mass is 327 g/mol. The SMILES string of the molecule is Cn1cncc1C(=O)Nc1cccc(I)c1. The van der Waals surface area contributed by atoms with Gasteiger partial charge >= 0.3 is 0 Å².